The summed E-state index contributed by atoms with van der Waals surface area (Å²) < 4.78 is 10.6. The second-order valence-corrected chi connectivity index (χ2v) is 38.4. The molecule has 22 amide bonds. The number of ether oxygens (including phenoxy) is 2. The Balaban J connectivity index is 1.89. The largest absolute Gasteiger partial charge is 0.497 e. The molecule has 0 spiro atoms. The minimum absolute atomic E-state index is 0.00686. The zero-order valence-electron chi connectivity index (χ0n) is 80.5. The van der Waals surface area contributed by atoms with Gasteiger partial charge in [-0.05, 0) is 123 Å². The molecule has 2 aliphatic heterocycles. The molecule has 2 aromatic carbocycles. The van der Waals surface area contributed by atoms with Gasteiger partial charge in [0.2, 0.25) is 130 Å². The van der Waals surface area contributed by atoms with E-state index in [1.807, 2.05) is 0 Å². The van der Waals surface area contributed by atoms with Crippen LogP contribution in [0.15, 0.2) is 48.5 Å². The Morgan fingerprint density at radius 3 is 0.979 bits per heavy atom. The zero-order chi connectivity index (χ0) is 105. The lowest BCUT2D eigenvalue weighted by Gasteiger charge is -2.31. The predicted molar refractivity (Wildman–Crippen MR) is 518 cm³/mol. The number of methoxy groups -OCH3 is 2. The Kier molecular flexibility index (Phi) is 53.1. The Morgan fingerprint density at radius 2 is 0.686 bits per heavy atom. The second-order valence-electron chi connectivity index (χ2n) is 35.1. The van der Waals surface area contributed by atoms with Crippen molar-refractivity contribution >= 4 is 175 Å². The molecule has 0 saturated carbocycles. The highest BCUT2D eigenvalue weighted by atomic mass is 35.5. The number of carbonyl (C=O) groups is 22. The quantitative estimate of drug-likeness (QED) is 0.0173. The van der Waals surface area contributed by atoms with E-state index in [2.05, 4.69) is 74.4 Å². The molecule has 50 heteroatoms. The molecule has 2 aromatic rings. The van der Waals surface area contributed by atoms with Gasteiger partial charge < -0.3 is 128 Å². The lowest BCUT2D eigenvalue weighted by Crippen LogP contribution is -2.61. The number of nitrogens with two attached hydrogens (primary N) is 6. The first-order chi connectivity index (χ1) is 66.2. The average Bonchev–Trinajstić information content (AvgIpc) is 1.66. The minimum Gasteiger partial charge on any atom is -0.497 e. The van der Waals surface area contributed by atoms with Gasteiger partial charge in [-0.3, -0.25) is 105 Å². The molecule has 140 heavy (non-hydrogen) atoms. The van der Waals surface area contributed by atoms with Gasteiger partial charge in [-0.15, -0.1) is 23.2 Å². The number of halogens is 2. The highest BCUT2D eigenvalue weighted by molar-refractivity contribution is 8.76. The van der Waals surface area contributed by atoms with Gasteiger partial charge >= 0.3 is 0 Å². The Bertz CT molecular complexity index is 4340. The summed E-state index contributed by atoms with van der Waals surface area (Å²) in [6.07, 6.45) is -3.71. The third-order valence-electron chi connectivity index (χ3n) is 22.9. The molecule has 16 unspecified atom stereocenters. The van der Waals surface area contributed by atoms with E-state index >= 15 is 19.2 Å². The maximum atomic E-state index is 15.6. The first kappa shape index (κ1) is 120. The molecule has 2 saturated heterocycles. The molecular weight excluding hydrogens is 1910 g/mol. The van der Waals surface area contributed by atoms with Gasteiger partial charge in [0.1, 0.15) is 96.1 Å². The van der Waals surface area contributed by atoms with Crippen molar-refractivity contribution in [2.45, 2.75) is 268 Å². The van der Waals surface area contributed by atoms with Gasteiger partial charge in [-0.2, -0.15) is 0 Å². The van der Waals surface area contributed by atoms with Crippen molar-refractivity contribution in [2.75, 3.05) is 63.7 Å². The molecule has 26 N–H and O–H groups in total. The van der Waals surface area contributed by atoms with Crippen LogP contribution in [0.5, 0.6) is 11.5 Å². The number of carbonyl (C=O) groups excluding carboxylic acids is 22. The first-order valence-electron chi connectivity index (χ1n) is 46.3. The lowest BCUT2D eigenvalue weighted by molar-refractivity contribution is -0.142. The van der Waals surface area contributed by atoms with E-state index < -0.39 is 289 Å². The Hall–Kier alpha value is -12.3. The monoisotopic (exact) mass is 2040 g/mol. The molecule has 0 radical (unpaired) electrons. The maximum absolute atomic E-state index is 15.6. The van der Waals surface area contributed by atoms with Gasteiger partial charge in [0, 0.05) is 74.9 Å². The van der Waals surface area contributed by atoms with Gasteiger partial charge in [-0.1, -0.05) is 114 Å². The number of rotatable bonds is 65. The number of primary amides is 6. The summed E-state index contributed by atoms with van der Waals surface area (Å²) in [4.78, 5) is 310. The molecule has 2 heterocycles. The van der Waals surface area contributed by atoms with Crippen molar-refractivity contribution in [2.24, 2.45) is 58.1 Å². The molecule has 46 nitrogen and oxygen atoms in total. The third-order valence-corrected chi connectivity index (χ3v) is 25.8. The second kappa shape index (κ2) is 62.0. The highest BCUT2D eigenvalue weighted by Crippen LogP contribution is 2.29. The van der Waals surface area contributed by atoms with Crippen LogP contribution in [0.1, 0.15) is 182 Å². The van der Waals surface area contributed by atoms with Crippen LogP contribution in [0.25, 0.3) is 0 Å². The summed E-state index contributed by atoms with van der Waals surface area (Å²) >= 11 is 11.8. The Morgan fingerprint density at radius 1 is 0.371 bits per heavy atom. The van der Waals surface area contributed by atoms with Crippen molar-refractivity contribution < 1.29 is 115 Å². The van der Waals surface area contributed by atoms with Gasteiger partial charge in [0.25, 0.3) is 0 Å². The van der Waals surface area contributed by atoms with Crippen LogP contribution >= 0.6 is 44.8 Å². The number of likely N-dealkylation sites (tertiary alicyclic amines) is 2. The predicted octanol–water partition coefficient (Wildman–Crippen LogP) is -3.62. The molecule has 0 bridgehead atoms. The van der Waals surface area contributed by atoms with Crippen LogP contribution in [-0.2, 0) is 118 Å². The molecule has 778 valence electrons. The maximum Gasteiger partial charge on any atom is 0.246 e. The fraction of sp³-hybridized carbons (Fsp3) is 0.622. The molecule has 4 rings (SSSR count). The van der Waals surface area contributed by atoms with Crippen molar-refractivity contribution in [1.82, 2.24) is 84.2 Å². The highest BCUT2D eigenvalue weighted by Gasteiger charge is 2.45. The van der Waals surface area contributed by atoms with Crippen LogP contribution < -0.4 is 118 Å². The SMILES string of the molecule is CCC(C)C(NC(=O)C(Cc1ccc(OC)cc1)NC(=O)CCCCl)C(=O)NC(CCC(N)=O)C(=O)NC(CC(N)=O)C(=O)NC(CSSCC(NC(=O)C(CC(N)=O)NC(=O)C(CCC(N)=O)NC(=O)C(NC(=O)C(Cc1ccc(OC)cc1)NC(=O)CCCCl)C(C)CC)C(=O)N1CCCC1C(=O)NC(CC(C)C)C(=O)NCC(N)=O)C(=O)N1CCCC1C(=O)NC(CC(C)C)C(=O)NCC(N)=O. The number of nitrogens with zero attached hydrogens (tertiary/aromatic N) is 2. The van der Waals surface area contributed by atoms with E-state index in [9.17, 15) is 86.3 Å². The number of nitrogens with one attached hydrogen (secondary N) is 14. The summed E-state index contributed by atoms with van der Waals surface area (Å²) in [6.45, 7) is 11.9. The summed E-state index contributed by atoms with van der Waals surface area (Å²) in [5.41, 5.74) is 34.5. The van der Waals surface area contributed by atoms with E-state index in [0.29, 0.717) is 44.2 Å². The lowest BCUT2D eigenvalue weighted by atomic mass is 9.96. The number of hydrogen-bond acceptors (Lipinski definition) is 26. The van der Waals surface area contributed by atoms with Gasteiger partial charge in [0.15, 0.2) is 0 Å². The fourth-order valence-corrected chi connectivity index (χ4v) is 17.6. The molecule has 2 fully saturated rings. The van der Waals surface area contributed by atoms with Gasteiger partial charge in [0.05, 0.1) is 40.2 Å². The van der Waals surface area contributed by atoms with Gasteiger partial charge in [-0.25, -0.2) is 0 Å². The van der Waals surface area contributed by atoms with E-state index in [0.717, 1.165) is 9.80 Å². The van der Waals surface area contributed by atoms with E-state index in [-0.39, 0.29) is 127 Å². The normalized spacial score (nSPS) is 16.3. The molecule has 2 aliphatic rings. The van der Waals surface area contributed by atoms with Crippen LogP contribution in [0, 0.1) is 23.7 Å². The van der Waals surface area contributed by atoms with Crippen molar-refractivity contribution in [1.29, 1.82) is 0 Å². The van der Waals surface area contributed by atoms with Crippen molar-refractivity contribution in [3.8, 4) is 11.5 Å². The van der Waals surface area contributed by atoms with E-state index in [1.165, 1.54) is 14.2 Å². The van der Waals surface area contributed by atoms with Crippen molar-refractivity contribution in [3.05, 3.63) is 59.7 Å². The summed E-state index contributed by atoms with van der Waals surface area (Å²) in [5, 5.41) is 35.6. The topological polar surface area (TPSA) is 725 Å². The van der Waals surface area contributed by atoms with Crippen LogP contribution in [0.2, 0.25) is 0 Å². The Labute approximate surface area is 830 Å². The number of amides is 22. The summed E-state index contributed by atoms with van der Waals surface area (Å²) in [7, 11) is 4.30. The summed E-state index contributed by atoms with van der Waals surface area (Å²) in [6, 6.07) is -9.48. The van der Waals surface area contributed by atoms with Crippen LogP contribution in [0.3, 0.4) is 0 Å². The zero-order valence-corrected chi connectivity index (χ0v) is 83.7. The smallest absolute Gasteiger partial charge is 0.246 e. The van der Waals surface area contributed by atoms with Crippen LogP contribution in [-0.4, -0.2) is 288 Å². The number of benzene rings is 2. The molecular formula is C90H138Cl2N22O24S2. The van der Waals surface area contributed by atoms with Crippen molar-refractivity contribution in [3.63, 3.8) is 0 Å². The fourth-order valence-electron chi connectivity index (χ4n) is 15.0. The summed E-state index contributed by atoms with van der Waals surface area (Å²) in [5.74, 6) is -23.7. The standard InChI is InChI=1S/C90H138Cl2N22O24S2/c1-11-49(7)75(111-83(129)59(101-73(121)19-13-33-91)39-51-21-25-53(137-9)26-22-51)87(133)103-55(29-31-67(93)115)79(125)105-61(41-69(95)117)81(127)109-63(89(135)113-35-15-17-65(113)85(131)107-57(37-47(3)4)77(123)99-43-71(97)119)45-139-140-46-64(90(136)114-36-16-18-66(114)86(132)108-58(38-48(5)6)78(124)100-44-72(98)120)110-82(128)62(42-70(96)118)106-80(126)56(30-32-68(94)116)104-88(134)76(50(8)12-2)112-84(130)60(102-74(122)20-14-34-92)40-52-23-27-54(138-10)28-24-52/h21-28,47-50,55-66,75-76H,11-20,29-46H2,1-10H3,(H2,93,115)(H2,94,116)(H2,95,117)(H2,96,118)(H2,97,119)(H2,98,120)(H,99,123)(H,100,124)(H,101,121)(H,102,122)(H,103,133)(H,104,134)(H,105,125)(H,106,126)(H,107,131)(H,108,132)(H,109,127)(H,110,128)(H,111,129)(H,112,130). The number of alkyl halides is 2. The molecule has 0 aromatic heterocycles. The first-order valence-corrected chi connectivity index (χ1v) is 49.8. The number of hydrogen-bond donors (Lipinski definition) is 20. The van der Waals surface area contributed by atoms with E-state index in [4.69, 9.17) is 67.1 Å². The van der Waals surface area contributed by atoms with Crippen LogP contribution in [0.4, 0.5) is 0 Å². The van der Waals surface area contributed by atoms with E-state index in [1.54, 1.807) is 104 Å². The average molecular weight is 2050 g/mol. The molecule has 0 aliphatic carbocycles. The molecule has 16 atom stereocenters. The third kappa shape index (κ3) is 42.4. The minimum atomic E-state index is -2.09.